The van der Waals surface area contributed by atoms with Gasteiger partial charge in [0.15, 0.2) is 6.10 Å². The number of aliphatic hydroxyl groups is 1. The van der Waals surface area contributed by atoms with Gasteiger partial charge in [-0.25, -0.2) is 0 Å². The predicted molar refractivity (Wildman–Crippen MR) is 82.8 cm³/mol. The number of carbonyl (C=O) groups excluding carboxylic acids is 1. The summed E-state index contributed by atoms with van der Waals surface area (Å²) in [6, 6.07) is 11.9. The van der Waals surface area contributed by atoms with Crippen molar-refractivity contribution in [1.82, 2.24) is 0 Å². The Morgan fingerprint density at radius 3 is 2.76 bits per heavy atom. The van der Waals surface area contributed by atoms with Gasteiger partial charge in [-0.2, -0.15) is 0 Å². The molecule has 0 aliphatic rings. The lowest BCUT2D eigenvalue weighted by Gasteiger charge is -2.14. The van der Waals surface area contributed by atoms with Crippen LogP contribution < -0.4 is 10.1 Å². The molecule has 0 spiro atoms. The van der Waals surface area contributed by atoms with Gasteiger partial charge in [0.1, 0.15) is 5.75 Å². The summed E-state index contributed by atoms with van der Waals surface area (Å²) in [5.41, 5.74) is 1.91. The molecule has 5 heteroatoms. The quantitative estimate of drug-likeness (QED) is 0.911. The number of rotatable bonds is 4. The van der Waals surface area contributed by atoms with Crippen LogP contribution in [0.1, 0.15) is 17.2 Å². The van der Waals surface area contributed by atoms with Gasteiger partial charge in [-0.05, 0) is 42.3 Å². The molecule has 0 saturated carbocycles. The number of carbonyl (C=O) groups is 1. The van der Waals surface area contributed by atoms with Crippen molar-refractivity contribution < 1.29 is 14.6 Å². The zero-order valence-electron chi connectivity index (χ0n) is 11.8. The summed E-state index contributed by atoms with van der Waals surface area (Å²) in [7, 11) is 1.53. The molecule has 1 amide bonds. The monoisotopic (exact) mass is 305 g/mol. The molecule has 0 fully saturated rings. The fourth-order valence-electron chi connectivity index (χ4n) is 1.89. The number of nitrogens with one attached hydrogen (secondary N) is 1. The average molecular weight is 306 g/mol. The summed E-state index contributed by atoms with van der Waals surface area (Å²) in [5.74, 6) is 0.0619. The van der Waals surface area contributed by atoms with Crippen molar-refractivity contribution in [3.8, 4) is 5.75 Å². The average Bonchev–Trinajstić information content (AvgIpc) is 2.50. The third-order valence-corrected chi connectivity index (χ3v) is 3.35. The minimum atomic E-state index is -1.28. The van der Waals surface area contributed by atoms with Crippen LogP contribution >= 0.6 is 11.6 Å². The number of aliphatic hydroxyl groups excluding tert-OH is 1. The summed E-state index contributed by atoms with van der Waals surface area (Å²) in [6.45, 7) is 1.85. The number of ether oxygens (including phenoxy) is 1. The normalized spacial score (nSPS) is 11.8. The molecule has 0 bridgehead atoms. The van der Waals surface area contributed by atoms with Crippen LogP contribution in [0.25, 0.3) is 0 Å². The molecule has 2 N–H and O–H groups in total. The van der Waals surface area contributed by atoms with E-state index < -0.39 is 12.0 Å². The Hall–Kier alpha value is -2.04. The van der Waals surface area contributed by atoms with Crippen LogP contribution in [-0.2, 0) is 4.79 Å². The standard InChI is InChI=1S/C16H16ClNO3/c1-10-6-7-12(17)9-14(10)18-16(20)15(19)11-4-3-5-13(8-11)21-2/h3-9,15,19H,1-2H3,(H,18,20). The third-order valence-electron chi connectivity index (χ3n) is 3.12. The minimum absolute atomic E-state index is 0.464. The Bertz CT molecular complexity index is 658. The van der Waals surface area contributed by atoms with Gasteiger partial charge in [-0.3, -0.25) is 4.79 Å². The van der Waals surface area contributed by atoms with E-state index in [9.17, 15) is 9.90 Å². The lowest BCUT2D eigenvalue weighted by atomic mass is 10.1. The molecular weight excluding hydrogens is 290 g/mol. The molecule has 0 radical (unpaired) electrons. The molecule has 2 aromatic carbocycles. The van der Waals surface area contributed by atoms with E-state index in [1.54, 1.807) is 42.5 Å². The van der Waals surface area contributed by atoms with E-state index in [1.165, 1.54) is 7.11 Å². The maximum Gasteiger partial charge on any atom is 0.257 e. The number of hydrogen-bond donors (Lipinski definition) is 2. The van der Waals surface area contributed by atoms with E-state index >= 15 is 0 Å². The molecule has 1 unspecified atom stereocenters. The van der Waals surface area contributed by atoms with Crippen LogP contribution in [-0.4, -0.2) is 18.1 Å². The number of aryl methyl sites for hydroxylation is 1. The van der Waals surface area contributed by atoms with Crippen molar-refractivity contribution in [2.45, 2.75) is 13.0 Å². The van der Waals surface area contributed by atoms with Gasteiger partial charge in [-0.1, -0.05) is 29.8 Å². The van der Waals surface area contributed by atoms with E-state index in [4.69, 9.17) is 16.3 Å². The largest absolute Gasteiger partial charge is 0.497 e. The van der Waals surface area contributed by atoms with Gasteiger partial charge >= 0.3 is 0 Å². The zero-order chi connectivity index (χ0) is 15.4. The van der Waals surface area contributed by atoms with Gasteiger partial charge in [0, 0.05) is 10.7 Å². The highest BCUT2D eigenvalue weighted by molar-refractivity contribution is 6.31. The maximum atomic E-state index is 12.1. The first-order chi connectivity index (χ1) is 10.0. The van der Waals surface area contributed by atoms with Crippen LogP contribution in [0.4, 0.5) is 5.69 Å². The van der Waals surface area contributed by atoms with Crippen molar-refractivity contribution in [3.05, 3.63) is 58.6 Å². The molecule has 2 rings (SSSR count). The molecule has 0 aliphatic heterocycles. The molecule has 2 aromatic rings. The van der Waals surface area contributed by atoms with Gasteiger partial charge in [-0.15, -0.1) is 0 Å². The first-order valence-electron chi connectivity index (χ1n) is 6.40. The maximum absolute atomic E-state index is 12.1. The highest BCUT2D eigenvalue weighted by atomic mass is 35.5. The van der Waals surface area contributed by atoms with Gasteiger partial charge in [0.2, 0.25) is 0 Å². The zero-order valence-corrected chi connectivity index (χ0v) is 12.5. The van der Waals surface area contributed by atoms with Gasteiger partial charge in [0.05, 0.1) is 7.11 Å². The van der Waals surface area contributed by atoms with Crippen molar-refractivity contribution in [1.29, 1.82) is 0 Å². The smallest absolute Gasteiger partial charge is 0.257 e. The number of benzene rings is 2. The van der Waals surface area contributed by atoms with E-state index in [0.717, 1.165) is 5.56 Å². The predicted octanol–water partition coefficient (Wildman–Crippen LogP) is 3.33. The lowest BCUT2D eigenvalue weighted by molar-refractivity contribution is -0.124. The van der Waals surface area contributed by atoms with Gasteiger partial charge < -0.3 is 15.2 Å². The Balaban J connectivity index is 2.17. The number of anilines is 1. The first-order valence-corrected chi connectivity index (χ1v) is 6.78. The summed E-state index contributed by atoms with van der Waals surface area (Å²) in [6.07, 6.45) is -1.28. The Morgan fingerprint density at radius 1 is 1.29 bits per heavy atom. The molecule has 4 nitrogen and oxygen atoms in total. The lowest BCUT2D eigenvalue weighted by Crippen LogP contribution is -2.21. The summed E-state index contributed by atoms with van der Waals surface area (Å²) in [4.78, 5) is 12.1. The van der Waals surface area contributed by atoms with Crippen LogP contribution in [0.2, 0.25) is 5.02 Å². The van der Waals surface area contributed by atoms with Crippen molar-refractivity contribution in [2.24, 2.45) is 0 Å². The molecular formula is C16H16ClNO3. The fraction of sp³-hybridized carbons (Fsp3) is 0.188. The van der Waals surface area contributed by atoms with E-state index in [0.29, 0.717) is 22.0 Å². The third kappa shape index (κ3) is 3.74. The SMILES string of the molecule is COc1cccc(C(O)C(=O)Nc2cc(Cl)ccc2C)c1. The Morgan fingerprint density at radius 2 is 2.05 bits per heavy atom. The van der Waals surface area contributed by atoms with Crippen LogP contribution in [0.3, 0.4) is 0 Å². The summed E-state index contributed by atoms with van der Waals surface area (Å²) < 4.78 is 5.08. The van der Waals surface area contributed by atoms with E-state index in [1.807, 2.05) is 6.92 Å². The second kappa shape index (κ2) is 6.61. The van der Waals surface area contributed by atoms with Crippen molar-refractivity contribution >= 4 is 23.2 Å². The topological polar surface area (TPSA) is 58.6 Å². The van der Waals surface area contributed by atoms with Gasteiger partial charge in [0.25, 0.3) is 5.91 Å². The number of hydrogen-bond acceptors (Lipinski definition) is 3. The number of amides is 1. The molecule has 1 atom stereocenters. The van der Waals surface area contributed by atoms with Crippen molar-refractivity contribution in [2.75, 3.05) is 12.4 Å². The summed E-state index contributed by atoms with van der Waals surface area (Å²) >= 11 is 5.91. The molecule has 0 saturated heterocycles. The Kier molecular flexibility index (Phi) is 4.83. The van der Waals surface area contributed by atoms with Crippen LogP contribution in [0.5, 0.6) is 5.75 Å². The highest BCUT2D eigenvalue weighted by Gasteiger charge is 2.18. The second-order valence-electron chi connectivity index (χ2n) is 4.63. The van der Waals surface area contributed by atoms with E-state index in [2.05, 4.69) is 5.32 Å². The Labute approximate surface area is 128 Å². The number of halogens is 1. The number of methoxy groups -OCH3 is 1. The van der Waals surface area contributed by atoms with Crippen LogP contribution in [0, 0.1) is 6.92 Å². The highest BCUT2D eigenvalue weighted by Crippen LogP contribution is 2.23. The second-order valence-corrected chi connectivity index (χ2v) is 5.06. The fourth-order valence-corrected chi connectivity index (χ4v) is 2.07. The first kappa shape index (κ1) is 15.4. The molecule has 0 heterocycles. The molecule has 110 valence electrons. The van der Waals surface area contributed by atoms with Crippen molar-refractivity contribution in [3.63, 3.8) is 0 Å². The molecule has 0 aromatic heterocycles. The molecule has 0 aliphatic carbocycles. The summed E-state index contributed by atoms with van der Waals surface area (Å²) in [5, 5.41) is 13.3. The molecule has 21 heavy (non-hydrogen) atoms. The minimum Gasteiger partial charge on any atom is -0.497 e. The van der Waals surface area contributed by atoms with Crippen LogP contribution in [0.15, 0.2) is 42.5 Å². The van der Waals surface area contributed by atoms with E-state index in [-0.39, 0.29) is 0 Å².